The fraction of sp³-hybridized carbons (Fsp3) is 0.500. The lowest BCUT2D eigenvalue weighted by atomic mass is 9.98. The van der Waals surface area contributed by atoms with Crippen LogP contribution in [0.15, 0.2) is 30.3 Å². The van der Waals surface area contributed by atoms with E-state index in [9.17, 15) is 0 Å². The molecule has 1 aliphatic heterocycles. The first kappa shape index (κ1) is 7.57. The number of hydrogen-bond acceptors (Lipinski definition) is 1. The van der Waals surface area contributed by atoms with Crippen molar-refractivity contribution in [2.24, 2.45) is 5.41 Å². The molecule has 1 N–H and O–H groups in total. The minimum atomic E-state index is 0.654. The van der Waals surface area contributed by atoms with E-state index in [4.69, 9.17) is 0 Å². The van der Waals surface area contributed by atoms with Gasteiger partial charge >= 0.3 is 0 Å². The number of nitrogens with one attached hydrogen (secondary N) is 1. The van der Waals surface area contributed by atoms with Gasteiger partial charge in [0, 0.05) is 6.54 Å². The van der Waals surface area contributed by atoms with Crippen LogP contribution in [-0.2, 0) is 0 Å². The molecule has 1 spiro atoms. The molecule has 0 radical (unpaired) electrons. The average Bonchev–Trinajstić information content (AvgIpc) is 2.66. The zero-order chi connectivity index (χ0) is 8.73. The first-order valence-corrected chi connectivity index (χ1v) is 5.16. The van der Waals surface area contributed by atoms with Crippen LogP contribution in [0.5, 0.6) is 0 Å². The lowest BCUT2D eigenvalue weighted by Gasteiger charge is -2.06. The van der Waals surface area contributed by atoms with Crippen LogP contribution in [0, 0.1) is 5.41 Å². The van der Waals surface area contributed by atoms with Crippen molar-refractivity contribution in [2.75, 3.05) is 13.1 Å². The highest BCUT2D eigenvalue weighted by atomic mass is 14.9. The van der Waals surface area contributed by atoms with Gasteiger partial charge in [-0.05, 0) is 36.3 Å². The van der Waals surface area contributed by atoms with Gasteiger partial charge in [0.15, 0.2) is 0 Å². The van der Waals surface area contributed by atoms with Gasteiger partial charge in [0.25, 0.3) is 0 Å². The highest BCUT2D eigenvalue weighted by Crippen LogP contribution is 2.62. The monoisotopic (exact) mass is 173 g/mol. The van der Waals surface area contributed by atoms with Gasteiger partial charge in [-0.2, -0.15) is 0 Å². The Hall–Kier alpha value is -0.820. The van der Waals surface area contributed by atoms with Gasteiger partial charge in [0.2, 0.25) is 0 Å². The van der Waals surface area contributed by atoms with E-state index in [1.54, 1.807) is 5.56 Å². The number of benzene rings is 1. The molecule has 2 atom stereocenters. The summed E-state index contributed by atoms with van der Waals surface area (Å²) in [7, 11) is 0. The molecule has 1 saturated carbocycles. The summed E-state index contributed by atoms with van der Waals surface area (Å²) in [6.07, 6.45) is 2.79. The average molecular weight is 173 g/mol. The number of hydrogen-bond donors (Lipinski definition) is 1. The highest BCUT2D eigenvalue weighted by molar-refractivity contribution is 5.30. The van der Waals surface area contributed by atoms with E-state index in [0.29, 0.717) is 5.41 Å². The standard InChI is InChI=1S/C12H15N/c1-2-4-10(5-3-1)11-8-12(11)6-7-13-9-12/h1-5,11,13H,6-9H2/t11?,12-/m0/s1. The summed E-state index contributed by atoms with van der Waals surface area (Å²) in [5.74, 6) is 0.851. The Bertz CT molecular complexity index is 298. The van der Waals surface area contributed by atoms with Gasteiger partial charge in [-0.3, -0.25) is 0 Å². The Morgan fingerprint density at radius 2 is 2.08 bits per heavy atom. The Labute approximate surface area is 79.2 Å². The molecule has 0 aromatic heterocycles. The molecule has 0 amide bonds. The molecule has 13 heavy (non-hydrogen) atoms. The molecule has 1 unspecified atom stereocenters. The molecule has 68 valence electrons. The van der Waals surface area contributed by atoms with E-state index in [0.717, 1.165) is 5.92 Å². The minimum absolute atomic E-state index is 0.654. The van der Waals surface area contributed by atoms with E-state index < -0.39 is 0 Å². The summed E-state index contributed by atoms with van der Waals surface area (Å²) in [6, 6.07) is 11.0. The summed E-state index contributed by atoms with van der Waals surface area (Å²) in [6.45, 7) is 2.47. The van der Waals surface area contributed by atoms with Gasteiger partial charge in [-0.15, -0.1) is 0 Å². The molecule has 2 fully saturated rings. The summed E-state index contributed by atoms with van der Waals surface area (Å²) in [5.41, 5.74) is 2.20. The Morgan fingerprint density at radius 3 is 2.77 bits per heavy atom. The third-order valence-corrected chi connectivity index (χ3v) is 3.67. The maximum atomic E-state index is 3.47. The van der Waals surface area contributed by atoms with Crippen molar-refractivity contribution in [3.05, 3.63) is 35.9 Å². The van der Waals surface area contributed by atoms with Crippen molar-refractivity contribution in [3.8, 4) is 0 Å². The van der Waals surface area contributed by atoms with Gasteiger partial charge in [-0.25, -0.2) is 0 Å². The molecule has 2 aliphatic rings. The third-order valence-electron chi connectivity index (χ3n) is 3.67. The van der Waals surface area contributed by atoms with Crippen molar-refractivity contribution in [2.45, 2.75) is 18.8 Å². The fourth-order valence-electron chi connectivity index (χ4n) is 2.74. The van der Waals surface area contributed by atoms with Crippen molar-refractivity contribution >= 4 is 0 Å². The molecule has 0 bridgehead atoms. The Morgan fingerprint density at radius 1 is 1.23 bits per heavy atom. The molecule has 1 nitrogen and oxygen atoms in total. The van der Waals surface area contributed by atoms with Crippen LogP contribution in [0.3, 0.4) is 0 Å². The zero-order valence-electron chi connectivity index (χ0n) is 7.79. The molecule has 1 saturated heterocycles. The summed E-state index contributed by atoms with van der Waals surface area (Å²) in [4.78, 5) is 0. The van der Waals surface area contributed by atoms with Crippen LogP contribution in [0.4, 0.5) is 0 Å². The summed E-state index contributed by atoms with van der Waals surface area (Å²) in [5, 5.41) is 3.47. The van der Waals surface area contributed by atoms with Gasteiger partial charge in [0.1, 0.15) is 0 Å². The van der Waals surface area contributed by atoms with E-state index in [2.05, 4.69) is 35.6 Å². The van der Waals surface area contributed by atoms with E-state index in [-0.39, 0.29) is 0 Å². The van der Waals surface area contributed by atoms with Gasteiger partial charge in [0.05, 0.1) is 0 Å². The van der Waals surface area contributed by atoms with Gasteiger partial charge < -0.3 is 5.32 Å². The first-order valence-electron chi connectivity index (χ1n) is 5.16. The maximum Gasteiger partial charge on any atom is 0.00144 e. The normalized spacial score (nSPS) is 36.8. The third kappa shape index (κ3) is 1.11. The first-order chi connectivity index (χ1) is 6.41. The molecule has 1 aliphatic carbocycles. The number of rotatable bonds is 1. The van der Waals surface area contributed by atoms with Crippen LogP contribution in [0.25, 0.3) is 0 Å². The Balaban J connectivity index is 1.83. The molecule has 3 rings (SSSR count). The fourth-order valence-corrected chi connectivity index (χ4v) is 2.74. The second kappa shape index (κ2) is 2.58. The van der Waals surface area contributed by atoms with Crippen LogP contribution in [0.1, 0.15) is 24.3 Å². The van der Waals surface area contributed by atoms with Crippen LogP contribution >= 0.6 is 0 Å². The zero-order valence-corrected chi connectivity index (χ0v) is 7.79. The predicted molar refractivity (Wildman–Crippen MR) is 53.7 cm³/mol. The second-order valence-corrected chi connectivity index (χ2v) is 4.46. The van der Waals surface area contributed by atoms with Crippen LogP contribution < -0.4 is 5.32 Å². The largest absolute Gasteiger partial charge is 0.316 e. The smallest absolute Gasteiger partial charge is 0.00144 e. The lowest BCUT2D eigenvalue weighted by molar-refractivity contribution is 0.549. The van der Waals surface area contributed by atoms with E-state index in [1.165, 1.54) is 25.9 Å². The van der Waals surface area contributed by atoms with E-state index >= 15 is 0 Å². The van der Waals surface area contributed by atoms with Crippen LogP contribution in [0.2, 0.25) is 0 Å². The molecule has 1 heteroatoms. The van der Waals surface area contributed by atoms with Crippen molar-refractivity contribution in [1.29, 1.82) is 0 Å². The lowest BCUT2D eigenvalue weighted by Crippen LogP contribution is -2.10. The van der Waals surface area contributed by atoms with Crippen molar-refractivity contribution in [3.63, 3.8) is 0 Å². The predicted octanol–water partition coefficient (Wildman–Crippen LogP) is 2.15. The van der Waals surface area contributed by atoms with E-state index in [1.807, 2.05) is 0 Å². The van der Waals surface area contributed by atoms with Crippen LogP contribution in [-0.4, -0.2) is 13.1 Å². The molecular weight excluding hydrogens is 158 g/mol. The maximum absolute atomic E-state index is 3.47. The quantitative estimate of drug-likeness (QED) is 0.686. The summed E-state index contributed by atoms with van der Waals surface area (Å²) >= 11 is 0. The molecule has 1 heterocycles. The molecular formula is C12H15N. The molecule has 1 aromatic carbocycles. The highest BCUT2D eigenvalue weighted by Gasteiger charge is 2.55. The molecule has 1 aromatic rings. The van der Waals surface area contributed by atoms with Crippen molar-refractivity contribution in [1.82, 2.24) is 5.32 Å². The SMILES string of the molecule is c1ccc(C2C[C@]23CCNC3)cc1. The Kier molecular flexibility index (Phi) is 1.50. The topological polar surface area (TPSA) is 12.0 Å². The van der Waals surface area contributed by atoms with Gasteiger partial charge in [-0.1, -0.05) is 30.3 Å². The van der Waals surface area contributed by atoms with Crippen molar-refractivity contribution < 1.29 is 0 Å². The summed E-state index contributed by atoms with van der Waals surface area (Å²) < 4.78 is 0. The minimum Gasteiger partial charge on any atom is -0.316 e. The second-order valence-electron chi connectivity index (χ2n) is 4.46.